The van der Waals surface area contributed by atoms with Crippen molar-refractivity contribution in [3.05, 3.63) is 23.9 Å². The number of nitrogens with one attached hydrogen (secondary N) is 1. The topological polar surface area (TPSA) is 75.0 Å². The molecule has 1 heterocycles. The van der Waals surface area contributed by atoms with Crippen LogP contribution in [-0.2, 0) is 0 Å². The molecule has 5 heteroatoms. The van der Waals surface area contributed by atoms with Crippen LogP contribution in [0.2, 0.25) is 0 Å². The molecule has 0 saturated carbocycles. The highest BCUT2D eigenvalue weighted by molar-refractivity contribution is 5.97. The summed E-state index contributed by atoms with van der Waals surface area (Å²) in [6, 6.07) is 5.44. The highest BCUT2D eigenvalue weighted by Gasteiger charge is 2.29. The third kappa shape index (κ3) is 2.77. The Balaban J connectivity index is 2.99. The Morgan fingerprint density at radius 2 is 2.22 bits per heavy atom. The SMILES string of the molecule is CCC(C#N)(CC)NC(=O)c1cccnc1OC. The van der Waals surface area contributed by atoms with Gasteiger partial charge in [-0.05, 0) is 25.0 Å². The number of nitriles is 1. The molecule has 0 bridgehead atoms. The minimum Gasteiger partial charge on any atom is -0.480 e. The van der Waals surface area contributed by atoms with Gasteiger partial charge in [-0.25, -0.2) is 4.98 Å². The van der Waals surface area contributed by atoms with E-state index in [1.807, 2.05) is 13.8 Å². The van der Waals surface area contributed by atoms with Crippen molar-refractivity contribution in [3.63, 3.8) is 0 Å². The monoisotopic (exact) mass is 247 g/mol. The number of ether oxygens (including phenoxy) is 1. The molecule has 0 aliphatic carbocycles. The number of amides is 1. The first kappa shape index (κ1) is 14.0. The zero-order valence-corrected chi connectivity index (χ0v) is 10.9. The highest BCUT2D eigenvalue weighted by Crippen LogP contribution is 2.18. The van der Waals surface area contributed by atoms with Gasteiger partial charge >= 0.3 is 0 Å². The van der Waals surface area contributed by atoms with Crippen LogP contribution in [0.5, 0.6) is 5.88 Å². The van der Waals surface area contributed by atoms with Gasteiger partial charge in [-0.3, -0.25) is 4.79 Å². The molecule has 0 atom stereocenters. The minimum absolute atomic E-state index is 0.258. The summed E-state index contributed by atoms with van der Waals surface area (Å²) in [7, 11) is 1.45. The van der Waals surface area contributed by atoms with Crippen LogP contribution in [0, 0.1) is 11.3 Å². The summed E-state index contributed by atoms with van der Waals surface area (Å²) >= 11 is 0. The molecule has 5 nitrogen and oxygen atoms in total. The molecular weight excluding hydrogens is 230 g/mol. The highest BCUT2D eigenvalue weighted by atomic mass is 16.5. The van der Waals surface area contributed by atoms with Gasteiger partial charge < -0.3 is 10.1 Å². The maximum Gasteiger partial charge on any atom is 0.258 e. The summed E-state index contributed by atoms with van der Waals surface area (Å²) in [5.74, 6) is -0.0840. The zero-order chi connectivity index (χ0) is 13.6. The fourth-order valence-corrected chi connectivity index (χ4v) is 1.62. The van der Waals surface area contributed by atoms with Crippen molar-refractivity contribution in [1.82, 2.24) is 10.3 Å². The molecule has 0 spiro atoms. The van der Waals surface area contributed by atoms with E-state index in [9.17, 15) is 10.1 Å². The fourth-order valence-electron chi connectivity index (χ4n) is 1.62. The maximum atomic E-state index is 12.1. The van der Waals surface area contributed by atoms with Crippen LogP contribution < -0.4 is 10.1 Å². The zero-order valence-electron chi connectivity index (χ0n) is 10.9. The average molecular weight is 247 g/mol. The van der Waals surface area contributed by atoms with E-state index in [2.05, 4.69) is 16.4 Å². The number of hydrogen-bond donors (Lipinski definition) is 1. The summed E-state index contributed by atoms with van der Waals surface area (Å²) in [6.45, 7) is 3.74. The Bertz CT molecular complexity index is 462. The Kier molecular flexibility index (Phi) is 4.67. The molecule has 0 aliphatic heterocycles. The second-order valence-electron chi connectivity index (χ2n) is 3.92. The van der Waals surface area contributed by atoms with Crippen molar-refractivity contribution in [3.8, 4) is 11.9 Å². The molecule has 0 unspecified atom stereocenters. The molecule has 0 fully saturated rings. The number of carbonyl (C=O) groups excluding carboxylic acids is 1. The largest absolute Gasteiger partial charge is 0.480 e. The van der Waals surface area contributed by atoms with Crippen LogP contribution >= 0.6 is 0 Å². The summed E-state index contributed by atoms with van der Waals surface area (Å²) < 4.78 is 5.03. The Morgan fingerprint density at radius 1 is 1.56 bits per heavy atom. The van der Waals surface area contributed by atoms with Crippen LogP contribution in [0.25, 0.3) is 0 Å². The van der Waals surface area contributed by atoms with E-state index in [1.54, 1.807) is 18.3 Å². The summed E-state index contributed by atoms with van der Waals surface area (Å²) in [5.41, 5.74) is -0.501. The number of hydrogen-bond acceptors (Lipinski definition) is 4. The average Bonchev–Trinajstić information content (AvgIpc) is 2.44. The summed E-state index contributed by atoms with van der Waals surface area (Å²) in [5, 5.41) is 11.9. The van der Waals surface area contributed by atoms with E-state index >= 15 is 0 Å². The van der Waals surface area contributed by atoms with Crippen LogP contribution in [0.1, 0.15) is 37.0 Å². The van der Waals surface area contributed by atoms with E-state index in [0.29, 0.717) is 18.4 Å². The van der Waals surface area contributed by atoms with Crippen molar-refractivity contribution in [2.45, 2.75) is 32.2 Å². The first-order chi connectivity index (χ1) is 8.62. The molecule has 0 radical (unpaired) electrons. The van der Waals surface area contributed by atoms with Gasteiger partial charge in [0, 0.05) is 6.20 Å². The van der Waals surface area contributed by atoms with Gasteiger partial charge in [0.05, 0.1) is 13.2 Å². The number of rotatable bonds is 5. The van der Waals surface area contributed by atoms with Crippen molar-refractivity contribution in [2.75, 3.05) is 7.11 Å². The van der Waals surface area contributed by atoms with Crippen LogP contribution in [-0.4, -0.2) is 23.5 Å². The van der Waals surface area contributed by atoms with Gasteiger partial charge in [0.1, 0.15) is 11.1 Å². The molecule has 1 aromatic heterocycles. The van der Waals surface area contributed by atoms with Crippen molar-refractivity contribution >= 4 is 5.91 Å². The summed E-state index contributed by atoms with van der Waals surface area (Å²) in [6.07, 6.45) is 2.65. The maximum absolute atomic E-state index is 12.1. The Labute approximate surface area is 107 Å². The van der Waals surface area contributed by atoms with Gasteiger partial charge in [0.15, 0.2) is 0 Å². The molecule has 0 aromatic carbocycles. The first-order valence-corrected chi connectivity index (χ1v) is 5.85. The number of pyridine rings is 1. The van der Waals surface area contributed by atoms with Gasteiger partial charge in [-0.2, -0.15) is 5.26 Å². The number of aromatic nitrogens is 1. The number of methoxy groups -OCH3 is 1. The van der Waals surface area contributed by atoms with Crippen molar-refractivity contribution in [1.29, 1.82) is 5.26 Å². The number of carbonyl (C=O) groups is 1. The molecule has 1 aromatic rings. The van der Waals surface area contributed by atoms with Crippen molar-refractivity contribution < 1.29 is 9.53 Å². The lowest BCUT2D eigenvalue weighted by Gasteiger charge is -2.25. The Morgan fingerprint density at radius 3 is 2.72 bits per heavy atom. The van der Waals surface area contributed by atoms with Gasteiger partial charge in [0.25, 0.3) is 5.91 Å². The molecule has 0 saturated heterocycles. The minimum atomic E-state index is -0.835. The van der Waals surface area contributed by atoms with E-state index in [4.69, 9.17) is 4.74 Å². The molecule has 1 amide bonds. The quantitative estimate of drug-likeness (QED) is 0.862. The fraction of sp³-hybridized carbons (Fsp3) is 0.462. The third-order valence-corrected chi connectivity index (χ3v) is 2.98. The normalized spacial score (nSPS) is 10.6. The third-order valence-electron chi connectivity index (χ3n) is 2.98. The van der Waals surface area contributed by atoms with E-state index in [0.717, 1.165) is 0 Å². The molecular formula is C13H17N3O2. The van der Waals surface area contributed by atoms with Crippen molar-refractivity contribution in [2.24, 2.45) is 0 Å². The van der Waals surface area contributed by atoms with Crippen LogP contribution in [0.3, 0.4) is 0 Å². The number of nitrogens with zero attached hydrogens (tertiary/aromatic N) is 2. The lowest BCUT2D eigenvalue weighted by Crippen LogP contribution is -2.46. The summed E-state index contributed by atoms with van der Waals surface area (Å²) in [4.78, 5) is 16.1. The van der Waals surface area contributed by atoms with E-state index in [-0.39, 0.29) is 11.8 Å². The molecule has 18 heavy (non-hydrogen) atoms. The lowest BCUT2D eigenvalue weighted by atomic mass is 9.94. The Hall–Kier alpha value is -2.09. The predicted octanol–water partition coefficient (Wildman–Crippen LogP) is 1.90. The van der Waals surface area contributed by atoms with Gasteiger partial charge in [0.2, 0.25) is 5.88 Å². The lowest BCUT2D eigenvalue weighted by molar-refractivity contribution is 0.0911. The molecule has 1 N–H and O–H groups in total. The molecule has 96 valence electrons. The standard InChI is InChI=1S/C13H17N3O2/c1-4-13(5-2,9-14)16-11(17)10-7-6-8-15-12(10)18-3/h6-8H,4-5H2,1-3H3,(H,16,17). The molecule has 1 rings (SSSR count). The van der Waals surface area contributed by atoms with Crippen LogP contribution in [0.15, 0.2) is 18.3 Å². The molecule has 0 aliphatic rings. The second kappa shape index (κ2) is 6.01. The van der Waals surface area contributed by atoms with E-state index < -0.39 is 5.54 Å². The van der Waals surface area contributed by atoms with E-state index in [1.165, 1.54) is 7.11 Å². The van der Waals surface area contributed by atoms with Gasteiger partial charge in [-0.1, -0.05) is 13.8 Å². The predicted molar refractivity (Wildman–Crippen MR) is 67.2 cm³/mol. The first-order valence-electron chi connectivity index (χ1n) is 5.85. The van der Waals surface area contributed by atoms with Crippen LogP contribution in [0.4, 0.5) is 0 Å². The smallest absolute Gasteiger partial charge is 0.258 e. The van der Waals surface area contributed by atoms with Gasteiger partial charge in [-0.15, -0.1) is 0 Å². The second-order valence-corrected chi connectivity index (χ2v) is 3.92.